The minimum atomic E-state index is -0.452. The molecule has 2 saturated heterocycles. The molecule has 26 heavy (non-hydrogen) atoms. The quantitative estimate of drug-likeness (QED) is 0.696. The predicted molar refractivity (Wildman–Crippen MR) is 96.3 cm³/mol. The fourth-order valence-corrected chi connectivity index (χ4v) is 3.90. The molecule has 2 aliphatic rings. The Morgan fingerprint density at radius 3 is 2.65 bits per heavy atom. The average Bonchev–Trinajstić information content (AvgIpc) is 2.55. The first-order valence-electron chi connectivity index (χ1n) is 9.95. The Bertz CT molecular complexity index is 489. The van der Waals surface area contributed by atoms with Crippen LogP contribution in [0.3, 0.4) is 0 Å². The summed E-state index contributed by atoms with van der Waals surface area (Å²) in [6, 6.07) is 2.12. The molecule has 0 radical (unpaired) electrons. The van der Waals surface area contributed by atoms with Crippen LogP contribution < -0.4 is 0 Å². The Labute approximate surface area is 156 Å². The number of ether oxygens (including phenoxy) is 3. The van der Waals surface area contributed by atoms with Crippen LogP contribution in [0.5, 0.6) is 0 Å². The summed E-state index contributed by atoms with van der Waals surface area (Å²) in [5, 5.41) is 18.8. The second kappa shape index (κ2) is 10.2. The number of aliphatic hydroxyl groups is 1. The van der Waals surface area contributed by atoms with Crippen molar-refractivity contribution < 1.29 is 24.1 Å². The van der Waals surface area contributed by atoms with E-state index in [-0.39, 0.29) is 36.5 Å². The van der Waals surface area contributed by atoms with Crippen molar-refractivity contribution in [1.29, 1.82) is 5.26 Å². The van der Waals surface area contributed by atoms with E-state index in [1.54, 1.807) is 0 Å². The topological polar surface area (TPSA) is 88.8 Å². The lowest BCUT2D eigenvalue weighted by Crippen LogP contribution is -2.40. The van der Waals surface area contributed by atoms with Crippen molar-refractivity contribution in [3.63, 3.8) is 0 Å². The maximum absolute atomic E-state index is 12.1. The van der Waals surface area contributed by atoms with Crippen molar-refractivity contribution in [3.8, 4) is 6.07 Å². The fraction of sp³-hybridized carbons (Fsp3) is 0.900. The van der Waals surface area contributed by atoms with E-state index in [2.05, 4.69) is 13.0 Å². The summed E-state index contributed by atoms with van der Waals surface area (Å²) >= 11 is 0. The van der Waals surface area contributed by atoms with E-state index in [0.29, 0.717) is 25.2 Å². The van der Waals surface area contributed by atoms with Gasteiger partial charge >= 0.3 is 5.97 Å². The van der Waals surface area contributed by atoms with E-state index in [9.17, 15) is 9.90 Å². The van der Waals surface area contributed by atoms with Crippen LogP contribution in [0.4, 0.5) is 0 Å². The van der Waals surface area contributed by atoms with Gasteiger partial charge in [-0.05, 0) is 58.3 Å². The zero-order valence-corrected chi connectivity index (χ0v) is 16.2. The van der Waals surface area contributed by atoms with Crippen LogP contribution in [0.25, 0.3) is 0 Å². The maximum Gasteiger partial charge on any atom is 0.335 e. The summed E-state index contributed by atoms with van der Waals surface area (Å²) in [5.41, 5.74) is 0. The van der Waals surface area contributed by atoms with Gasteiger partial charge in [-0.25, -0.2) is 4.79 Å². The lowest BCUT2D eigenvalue weighted by atomic mass is 9.89. The zero-order valence-electron chi connectivity index (χ0n) is 16.2. The van der Waals surface area contributed by atoms with Gasteiger partial charge < -0.3 is 19.3 Å². The number of esters is 1. The molecule has 0 aromatic heterocycles. The van der Waals surface area contributed by atoms with E-state index in [4.69, 9.17) is 19.5 Å². The first kappa shape index (κ1) is 21.1. The highest BCUT2D eigenvalue weighted by Gasteiger charge is 2.34. The highest BCUT2D eigenvalue weighted by atomic mass is 16.6. The van der Waals surface area contributed by atoms with Crippen molar-refractivity contribution in [2.75, 3.05) is 0 Å². The van der Waals surface area contributed by atoms with Gasteiger partial charge in [0, 0.05) is 6.42 Å². The van der Waals surface area contributed by atoms with Gasteiger partial charge in [-0.3, -0.25) is 0 Å². The summed E-state index contributed by atoms with van der Waals surface area (Å²) in [6.07, 6.45) is 4.74. The highest BCUT2D eigenvalue weighted by molar-refractivity contribution is 5.74. The third kappa shape index (κ3) is 6.53. The SMILES string of the molecule is CC(C)OC(=O)[C@@H]1CC[C@H](C)[C@@H](CCC[C@@H]2C[C@@H](O)C[C@H](CC#N)O2)O1. The van der Waals surface area contributed by atoms with Crippen LogP contribution in [0.15, 0.2) is 0 Å². The minimum absolute atomic E-state index is 0.00213. The van der Waals surface area contributed by atoms with E-state index in [1.807, 2.05) is 13.8 Å². The first-order valence-corrected chi connectivity index (χ1v) is 9.95. The number of nitrogens with zero attached hydrogens (tertiary/aromatic N) is 1. The molecular weight excluding hydrogens is 334 g/mol. The second-order valence-corrected chi connectivity index (χ2v) is 8.00. The molecule has 148 valence electrons. The van der Waals surface area contributed by atoms with E-state index >= 15 is 0 Å². The van der Waals surface area contributed by atoms with Crippen LogP contribution >= 0.6 is 0 Å². The molecule has 2 fully saturated rings. The lowest BCUT2D eigenvalue weighted by Gasteiger charge is -2.35. The summed E-state index contributed by atoms with van der Waals surface area (Å²) in [6.45, 7) is 5.86. The first-order chi connectivity index (χ1) is 12.4. The molecule has 0 unspecified atom stereocenters. The van der Waals surface area contributed by atoms with Crippen LogP contribution in [0.1, 0.15) is 72.1 Å². The van der Waals surface area contributed by atoms with Gasteiger partial charge in [0.05, 0.1) is 43.0 Å². The Morgan fingerprint density at radius 1 is 1.23 bits per heavy atom. The second-order valence-electron chi connectivity index (χ2n) is 8.00. The summed E-state index contributed by atoms with van der Waals surface area (Å²) in [7, 11) is 0. The number of aliphatic hydroxyl groups excluding tert-OH is 1. The van der Waals surface area contributed by atoms with E-state index in [1.165, 1.54) is 0 Å². The molecule has 0 saturated carbocycles. The van der Waals surface area contributed by atoms with Gasteiger partial charge in [0.2, 0.25) is 0 Å². The standard InChI is InChI=1S/C20H33NO5/c1-13(2)24-20(23)19-8-7-14(3)18(26-19)6-4-5-16-11-15(22)12-17(25-16)9-10-21/h13-19,22H,4-9,11-12H2,1-3H3/t14-,15+,16+,17-,18+,19-/m0/s1. The summed E-state index contributed by atoms with van der Waals surface area (Å²) in [5.74, 6) is 0.164. The summed E-state index contributed by atoms with van der Waals surface area (Å²) in [4.78, 5) is 12.1. The molecule has 1 N–H and O–H groups in total. The smallest absolute Gasteiger partial charge is 0.335 e. The normalized spacial score (nSPS) is 35.1. The van der Waals surface area contributed by atoms with Crippen molar-refractivity contribution in [2.45, 2.75) is 109 Å². The third-order valence-electron chi connectivity index (χ3n) is 5.26. The number of nitriles is 1. The van der Waals surface area contributed by atoms with E-state index < -0.39 is 6.10 Å². The zero-order chi connectivity index (χ0) is 19.1. The molecule has 0 aromatic carbocycles. The van der Waals surface area contributed by atoms with Gasteiger partial charge in [0.15, 0.2) is 6.10 Å². The van der Waals surface area contributed by atoms with Crippen molar-refractivity contribution >= 4 is 5.97 Å². The Balaban J connectivity index is 1.76. The monoisotopic (exact) mass is 367 g/mol. The molecule has 2 heterocycles. The van der Waals surface area contributed by atoms with Crippen LogP contribution in [-0.2, 0) is 19.0 Å². The van der Waals surface area contributed by atoms with Crippen molar-refractivity contribution in [2.24, 2.45) is 5.92 Å². The molecule has 0 aliphatic carbocycles. The Kier molecular flexibility index (Phi) is 8.33. The number of carbonyl (C=O) groups excluding carboxylic acids is 1. The number of hydrogen-bond donors (Lipinski definition) is 1. The Morgan fingerprint density at radius 2 is 1.96 bits per heavy atom. The Hall–Kier alpha value is -1.16. The predicted octanol–water partition coefficient (Wildman–Crippen LogP) is 3.11. The lowest BCUT2D eigenvalue weighted by molar-refractivity contribution is -0.174. The maximum atomic E-state index is 12.1. The fourth-order valence-electron chi connectivity index (χ4n) is 3.90. The number of rotatable bonds is 7. The van der Waals surface area contributed by atoms with Crippen LogP contribution in [-0.4, -0.2) is 47.7 Å². The largest absolute Gasteiger partial charge is 0.461 e. The van der Waals surface area contributed by atoms with Gasteiger partial charge in [-0.1, -0.05) is 6.92 Å². The number of hydrogen-bond acceptors (Lipinski definition) is 6. The molecule has 6 atom stereocenters. The highest BCUT2D eigenvalue weighted by Crippen LogP contribution is 2.30. The van der Waals surface area contributed by atoms with E-state index in [0.717, 1.165) is 32.1 Å². The van der Waals surface area contributed by atoms with Gasteiger partial charge in [-0.15, -0.1) is 0 Å². The van der Waals surface area contributed by atoms with Crippen LogP contribution in [0.2, 0.25) is 0 Å². The summed E-state index contributed by atoms with van der Waals surface area (Å²) < 4.78 is 17.2. The van der Waals surface area contributed by atoms with Crippen LogP contribution in [0, 0.1) is 17.2 Å². The molecule has 2 aliphatic heterocycles. The third-order valence-corrected chi connectivity index (χ3v) is 5.26. The van der Waals surface area contributed by atoms with Crippen molar-refractivity contribution in [3.05, 3.63) is 0 Å². The van der Waals surface area contributed by atoms with Gasteiger partial charge in [-0.2, -0.15) is 5.26 Å². The van der Waals surface area contributed by atoms with Gasteiger partial charge in [0.25, 0.3) is 0 Å². The molecule has 6 nitrogen and oxygen atoms in total. The molecule has 0 amide bonds. The molecule has 0 aromatic rings. The minimum Gasteiger partial charge on any atom is -0.461 e. The van der Waals surface area contributed by atoms with Gasteiger partial charge in [0.1, 0.15) is 0 Å². The molecule has 0 bridgehead atoms. The number of carbonyl (C=O) groups is 1. The molecule has 0 spiro atoms. The average molecular weight is 367 g/mol. The molecule has 2 rings (SSSR count). The molecular formula is C20H33NO5. The van der Waals surface area contributed by atoms with Crippen molar-refractivity contribution in [1.82, 2.24) is 0 Å². The molecule has 6 heteroatoms.